The van der Waals surface area contributed by atoms with Gasteiger partial charge in [0, 0.05) is 13.1 Å². The second-order valence-electron chi connectivity index (χ2n) is 7.32. The van der Waals surface area contributed by atoms with Crippen molar-refractivity contribution in [3.05, 3.63) is 76.9 Å². The third kappa shape index (κ3) is 4.15. The van der Waals surface area contributed by atoms with Gasteiger partial charge < -0.3 is 0 Å². The van der Waals surface area contributed by atoms with Crippen LogP contribution in [-0.2, 0) is 6.54 Å². The number of hydrogen-bond acceptors (Lipinski definition) is 1. The summed E-state index contributed by atoms with van der Waals surface area (Å²) in [5, 5.41) is 0. The Balaban J connectivity index is 1.61. The molecule has 1 aliphatic rings. The lowest BCUT2D eigenvalue weighted by Crippen LogP contribution is -2.38. The van der Waals surface area contributed by atoms with E-state index in [0.29, 0.717) is 11.8 Å². The second-order valence-corrected chi connectivity index (χ2v) is 7.32. The Hall–Kier alpha value is -1.86. The number of hydrogen-bond donors (Lipinski definition) is 0. The molecule has 1 fully saturated rings. The normalized spacial score (nSPS) is 22.1. The zero-order chi connectivity index (χ0) is 16.9. The van der Waals surface area contributed by atoms with Gasteiger partial charge in [-0.05, 0) is 60.9 Å². The van der Waals surface area contributed by atoms with Crippen LogP contribution in [0.15, 0.2) is 54.6 Å². The second kappa shape index (κ2) is 7.81. The first-order valence-electron chi connectivity index (χ1n) is 9.14. The quantitative estimate of drug-likeness (QED) is 0.722. The van der Waals surface area contributed by atoms with E-state index in [2.05, 4.69) is 86.4 Å². The number of benzene rings is 2. The lowest BCUT2D eigenvalue weighted by atomic mass is 9.85. The lowest BCUT2D eigenvalue weighted by Gasteiger charge is -2.35. The van der Waals surface area contributed by atoms with Crippen molar-refractivity contribution < 1.29 is 0 Å². The van der Waals surface area contributed by atoms with Crippen LogP contribution < -0.4 is 0 Å². The third-order valence-corrected chi connectivity index (χ3v) is 5.36. The SMILES string of the molecule is Cc1cccc(C)c1/C=C/[C@H]1CCN(Cc2ccccc2)C[C@@H]1C. The molecule has 0 unspecified atom stereocenters. The van der Waals surface area contributed by atoms with Crippen LogP contribution in [0.25, 0.3) is 6.08 Å². The van der Waals surface area contributed by atoms with Crippen molar-refractivity contribution in [2.24, 2.45) is 11.8 Å². The molecule has 126 valence electrons. The summed E-state index contributed by atoms with van der Waals surface area (Å²) in [6.45, 7) is 10.3. The van der Waals surface area contributed by atoms with Crippen LogP contribution in [0.5, 0.6) is 0 Å². The van der Waals surface area contributed by atoms with Crippen molar-refractivity contribution >= 4 is 6.08 Å². The van der Waals surface area contributed by atoms with Crippen molar-refractivity contribution in [1.82, 2.24) is 4.90 Å². The summed E-state index contributed by atoms with van der Waals surface area (Å²) in [4.78, 5) is 2.60. The molecule has 2 aromatic rings. The zero-order valence-corrected chi connectivity index (χ0v) is 15.2. The van der Waals surface area contributed by atoms with E-state index in [1.807, 2.05) is 0 Å². The summed E-state index contributed by atoms with van der Waals surface area (Å²) in [6.07, 6.45) is 6.08. The van der Waals surface area contributed by atoms with E-state index in [0.717, 1.165) is 6.54 Å². The number of nitrogens with zero attached hydrogens (tertiary/aromatic N) is 1. The van der Waals surface area contributed by atoms with E-state index in [-0.39, 0.29) is 0 Å². The third-order valence-electron chi connectivity index (χ3n) is 5.36. The van der Waals surface area contributed by atoms with Crippen molar-refractivity contribution in [2.45, 2.75) is 33.7 Å². The van der Waals surface area contributed by atoms with Gasteiger partial charge in [-0.3, -0.25) is 4.90 Å². The van der Waals surface area contributed by atoms with Crippen LogP contribution in [0.2, 0.25) is 0 Å². The van der Waals surface area contributed by atoms with Gasteiger partial charge in [0.25, 0.3) is 0 Å². The van der Waals surface area contributed by atoms with Gasteiger partial charge in [0.15, 0.2) is 0 Å². The molecule has 0 aromatic heterocycles. The highest BCUT2D eigenvalue weighted by Gasteiger charge is 2.24. The molecule has 1 aliphatic heterocycles. The van der Waals surface area contributed by atoms with Gasteiger partial charge in [-0.15, -0.1) is 0 Å². The fraction of sp³-hybridized carbons (Fsp3) is 0.391. The van der Waals surface area contributed by atoms with Crippen molar-refractivity contribution in [3.8, 4) is 0 Å². The monoisotopic (exact) mass is 319 g/mol. The standard InChI is InChI=1S/C23H29N/c1-18-8-7-9-19(2)23(18)13-12-22-14-15-24(16-20(22)3)17-21-10-5-4-6-11-21/h4-13,20,22H,14-17H2,1-3H3/b13-12+/t20-,22-/m0/s1. The Bertz CT molecular complexity index is 666. The van der Waals surface area contributed by atoms with Gasteiger partial charge in [-0.1, -0.05) is 67.6 Å². The van der Waals surface area contributed by atoms with Gasteiger partial charge in [0.05, 0.1) is 0 Å². The molecule has 0 saturated carbocycles. The van der Waals surface area contributed by atoms with Crippen LogP contribution in [0.1, 0.15) is 35.6 Å². The van der Waals surface area contributed by atoms with Crippen molar-refractivity contribution in [3.63, 3.8) is 0 Å². The largest absolute Gasteiger partial charge is 0.299 e. The number of rotatable bonds is 4. The van der Waals surface area contributed by atoms with Crippen LogP contribution in [-0.4, -0.2) is 18.0 Å². The number of likely N-dealkylation sites (tertiary alicyclic amines) is 1. The van der Waals surface area contributed by atoms with E-state index >= 15 is 0 Å². The fourth-order valence-electron chi connectivity index (χ4n) is 3.83. The zero-order valence-electron chi connectivity index (χ0n) is 15.2. The average Bonchev–Trinajstić information content (AvgIpc) is 2.57. The minimum atomic E-state index is 0.691. The van der Waals surface area contributed by atoms with Gasteiger partial charge in [0.2, 0.25) is 0 Å². The molecular formula is C23H29N. The lowest BCUT2D eigenvalue weighted by molar-refractivity contribution is 0.145. The summed E-state index contributed by atoms with van der Waals surface area (Å²) in [6, 6.07) is 17.4. The van der Waals surface area contributed by atoms with Crippen LogP contribution in [0.3, 0.4) is 0 Å². The maximum absolute atomic E-state index is 2.60. The fourth-order valence-corrected chi connectivity index (χ4v) is 3.83. The topological polar surface area (TPSA) is 3.24 Å². The maximum atomic E-state index is 2.60. The summed E-state index contributed by atoms with van der Waals surface area (Å²) >= 11 is 0. The smallest absolute Gasteiger partial charge is 0.0233 e. The molecule has 1 nitrogen and oxygen atoms in total. The molecule has 0 spiro atoms. The first-order chi connectivity index (χ1) is 11.6. The summed E-state index contributed by atoms with van der Waals surface area (Å²) in [7, 11) is 0. The van der Waals surface area contributed by atoms with E-state index < -0.39 is 0 Å². The molecule has 0 radical (unpaired) electrons. The van der Waals surface area contributed by atoms with Crippen LogP contribution in [0, 0.1) is 25.7 Å². The first kappa shape index (κ1) is 17.0. The van der Waals surface area contributed by atoms with Crippen molar-refractivity contribution in [1.29, 1.82) is 0 Å². The minimum absolute atomic E-state index is 0.691. The molecule has 1 heterocycles. The molecule has 2 aromatic carbocycles. The van der Waals surface area contributed by atoms with Crippen LogP contribution in [0.4, 0.5) is 0 Å². The Morgan fingerprint density at radius 2 is 1.71 bits per heavy atom. The molecule has 0 amide bonds. The van der Waals surface area contributed by atoms with E-state index in [9.17, 15) is 0 Å². The predicted octanol–water partition coefficient (Wildman–Crippen LogP) is 5.47. The average molecular weight is 319 g/mol. The van der Waals surface area contributed by atoms with E-state index in [1.54, 1.807) is 0 Å². The highest BCUT2D eigenvalue weighted by atomic mass is 15.1. The molecule has 0 aliphatic carbocycles. The molecule has 0 bridgehead atoms. The number of piperidine rings is 1. The van der Waals surface area contributed by atoms with E-state index in [4.69, 9.17) is 0 Å². The van der Waals surface area contributed by atoms with Crippen LogP contribution >= 0.6 is 0 Å². The molecule has 2 atom stereocenters. The Morgan fingerprint density at radius 3 is 2.38 bits per heavy atom. The van der Waals surface area contributed by atoms with E-state index in [1.165, 1.54) is 41.8 Å². The predicted molar refractivity (Wildman–Crippen MR) is 104 cm³/mol. The molecular weight excluding hydrogens is 290 g/mol. The summed E-state index contributed by atoms with van der Waals surface area (Å²) < 4.78 is 0. The van der Waals surface area contributed by atoms with Gasteiger partial charge in [-0.25, -0.2) is 0 Å². The summed E-state index contributed by atoms with van der Waals surface area (Å²) in [5.41, 5.74) is 5.58. The first-order valence-corrected chi connectivity index (χ1v) is 9.14. The molecule has 24 heavy (non-hydrogen) atoms. The number of aryl methyl sites for hydroxylation is 2. The minimum Gasteiger partial charge on any atom is -0.299 e. The molecule has 1 saturated heterocycles. The molecule has 3 rings (SSSR count). The van der Waals surface area contributed by atoms with Gasteiger partial charge in [-0.2, -0.15) is 0 Å². The Morgan fingerprint density at radius 1 is 1.00 bits per heavy atom. The Kier molecular flexibility index (Phi) is 5.52. The van der Waals surface area contributed by atoms with Gasteiger partial charge in [0.1, 0.15) is 0 Å². The van der Waals surface area contributed by atoms with Crippen molar-refractivity contribution in [2.75, 3.05) is 13.1 Å². The summed E-state index contributed by atoms with van der Waals surface area (Å²) in [5.74, 6) is 1.40. The number of allylic oxidation sites excluding steroid dienone is 1. The molecule has 0 N–H and O–H groups in total. The van der Waals surface area contributed by atoms with Gasteiger partial charge >= 0.3 is 0 Å². The molecule has 1 heteroatoms. The highest BCUT2D eigenvalue weighted by molar-refractivity contribution is 5.57. The Labute approximate surface area is 147 Å². The maximum Gasteiger partial charge on any atom is 0.0233 e. The highest BCUT2D eigenvalue weighted by Crippen LogP contribution is 2.27.